The zero-order valence-corrected chi connectivity index (χ0v) is 12.0. The molecule has 1 heterocycles. The minimum absolute atomic E-state index is 0.0498. The highest BCUT2D eigenvalue weighted by atomic mass is 16.1. The van der Waals surface area contributed by atoms with E-state index in [0.717, 1.165) is 37.2 Å². The van der Waals surface area contributed by atoms with Crippen LogP contribution in [0.2, 0.25) is 0 Å². The van der Waals surface area contributed by atoms with E-state index in [9.17, 15) is 4.79 Å². The number of aryl methyl sites for hydroxylation is 1. The van der Waals surface area contributed by atoms with Crippen molar-refractivity contribution in [3.05, 3.63) is 27.7 Å². The first-order chi connectivity index (χ1) is 8.60. The largest absolute Gasteiger partial charge is 0.313 e. The molecule has 1 aromatic heterocycles. The summed E-state index contributed by atoms with van der Waals surface area (Å²) < 4.78 is 1.63. The number of hydrogen-bond acceptors (Lipinski definition) is 3. The van der Waals surface area contributed by atoms with E-state index < -0.39 is 0 Å². The lowest BCUT2D eigenvalue weighted by atomic mass is 10.1. The van der Waals surface area contributed by atoms with E-state index in [2.05, 4.69) is 31.2 Å². The van der Waals surface area contributed by atoms with Crippen LogP contribution in [0.4, 0.5) is 0 Å². The molecular formula is C14H25N3O. The first kappa shape index (κ1) is 14.9. The van der Waals surface area contributed by atoms with Crippen LogP contribution in [-0.2, 0) is 13.1 Å². The number of hydrogen-bond donors (Lipinski definition) is 1. The van der Waals surface area contributed by atoms with Gasteiger partial charge in [0.2, 0.25) is 0 Å². The summed E-state index contributed by atoms with van der Waals surface area (Å²) in [6.45, 7) is 10.6. The Labute approximate surface area is 109 Å². The lowest BCUT2D eigenvalue weighted by Crippen LogP contribution is -2.30. The van der Waals surface area contributed by atoms with Crippen molar-refractivity contribution < 1.29 is 0 Å². The fraction of sp³-hybridized carbons (Fsp3) is 0.714. The van der Waals surface area contributed by atoms with Gasteiger partial charge in [0, 0.05) is 18.7 Å². The molecule has 0 spiro atoms. The lowest BCUT2D eigenvalue weighted by molar-refractivity contribution is 0.518. The van der Waals surface area contributed by atoms with Gasteiger partial charge < -0.3 is 5.32 Å². The minimum atomic E-state index is 0.0498. The van der Waals surface area contributed by atoms with Gasteiger partial charge in [0.15, 0.2) is 0 Å². The Kier molecular flexibility index (Phi) is 6.05. The average molecular weight is 251 g/mol. The summed E-state index contributed by atoms with van der Waals surface area (Å²) in [5.41, 5.74) is 1.87. The molecule has 0 aliphatic rings. The molecule has 1 rings (SSSR count). The van der Waals surface area contributed by atoms with Crippen LogP contribution >= 0.6 is 0 Å². The van der Waals surface area contributed by atoms with Crippen molar-refractivity contribution in [1.82, 2.24) is 15.1 Å². The third kappa shape index (κ3) is 3.95. The molecule has 0 amide bonds. The molecule has 0 saturated carbocycles. The Morgan fingerprint density at radius 3 is 2.67 bits per heavy atom. The maximum Gasteiger partial charge on any atom is 0.271 e. The molecule has 0 bridgehead atoms. The van der Waals surface area contributed by atoms with E-state index in [4.69, 9.17) is 0 Å². The predicted molar refractivity (Wildman–Crippen MR) is 74.9 cm³/mol. The SMILES string of the molecule is CCCCn1nc(C(C)C)cc(CNCC)c1=O. The van der Waals surface area contributed by atoms with Crippen molar-refractivity contribution in [3.8, 4) is 0 Å². The van der Waals surface area contributed by atoms with E-state index >= 15 is 0 Å². The Morgan fingerprint density at radius 1 is 1.39 bits per heavy atom. The van der Waals surface area contributed by atoms with Crippen LogP contribution in [0.3, 0.4) is 0 Å². The van der Waals surface area contributed by atoms with Gasteiger partial charge >= 0.3 is 0 Å². The molecule has 1 N–H and O–H groups in total. The van der Waals surface area contributed by atoms with Crippen molar-refractivity contribution in [2.24, 2.45) is 0 Å². The van der Waals surface area contributed by atoms with Crippen LogP contribution in [0.5, 0.6) is 0 Å². The second-order valence-electron chi connectivity index (χ2n) is 4.91. The van der Waals surface area contributed by atoms with Gasteiger partial charge in [-0.3, -0.25) is 4.79 Å². The molecule has 1 aromatic rings. The summed E-state index contributed by atoms with van der Waals surface area (Å²) in [5.74, 6) is 0.346. The number of nitrogens with one attached hydrogen (secondary N) is 1. The van der Waals surface area contributed by atoms with Crippen LogP contribution in [-0.4, -0.2) is 16.3 Å². The molecule has 18 heavy (non-hydrogen) atoms. The van der Waals surface area contributed by atoms with Gasteiger partial charge in [0.1, 0.15) is 0 Å². The third-order valence-electron chi connectivity index (χ3n) is 2.95. The molecule has 0 fully saturated rings. The fourth-order valence-corrected chi connectivity index (χ4v) is 1.75. The molecule has 4 nitrogen and oxygen atoms in total. The lowest BCUT2D eigenvalue weighted by Gasteiger charge is -2.12. The van der Waals surface area contributed by atoms with Gasteiger partial charge in [-0.05, 0) is 24.9 Å². The molecule has 0 aromatic carbocycles. The standard InChI is InChI=1S/C14H25N3O/c1-5-7-8-17-14(18)12(10-15-6-2)9-13(16-17)11(3)4/h9,11,15H,5-8,10H2,1-4H3. The van der Waals surface area contributed by atoms with Crippen LogP contribution in [0.1, 0.15) is 57.7 Å². The highest BCUT2D eigenvalue weighted by Gasteiger charge is 2.10. The van der Waals surface area contributed by atoms with Crippen molar-refractivity contribution in [3.63, 3.8) is 0 Å². The van der Waals surface area contributed by atoms with Gasteiger partial charge in [-0.1, -0.05) is 34.1 Å². The van der Waals surface area contributed by atoms with Crippen LogP contribution < -0.4 is 10.9 Å². The van der Waals surface area contributed by atoms with Gasteiger partial charge in [-0.2, -0.15) is 5.10 Å². The zero-order valence-electron chi connectivity index (χ0n) is 12.0. The smallest absolute Gasteiger partial charge is 0.271 e. The van der Waals surface area contributed by atoms with Crippen LogP contribution in [0, 0.1) is 0 Å². The maximum atomic E-state index is 12.2. The van der Waals surface area contributed by atoms with Gasteiger partial charge in [0.05, 0.1) is 5.69 Å². The summed E-state index contributed by atoms with van der Waals surface area (Å²) in [6, 6.07) is 1.94. The van der Waals surface area contributed by atoms with E-state index in [1.807, 2.05) is 13.0 Å². The Balaban J connectivity index is 3.07. The van der Waals surface area contributed by atoms with E-state index in [-0.39, 0.29) is 5.56 Å². The van der Waals surface area contributed by atoms with Gasteiger partial charge in [-0.25, -0.2) is 4.68 Å². The molecule has 0 atom stereocenters. The molecule has 4 heteroatoms. The third-order valence-corrected chi connectivity index (χ3v) is 2.95. The predicted octanol–water partition coefficient (Wildman–Crippen LogP) is 2.28. The first-order valence-electron chi connectivity index (χ1n) is 6.91. The van der Waals surface area contributed by atoms with Gasteiger partial charge in [-0.15, -0.1) is 0 Å². The van der Waals surface area contributed by atoms with Gasteiger partial charge in [0.25, 0.3) is 5.56 Å². The number of rotatable bonds is 7. The van der Waals surface area contributed by atoms with E-state index in [1.54, 1.807) is 4.68 Å². The number of aromatic nitrogens is 2. The average Bonchev–Trinajstić information content (AvgIpc) is 2.35. The summed E-state index contributed by atoms with van der Waals surface area (Å²) in [4.78, 5) is 12.2. The van der Waals surface area contributed by atoms with Crippen molar-refractivity contribution >= 4 is 0 Å². The number of nitrogens with zero attached hydrogens (tertiary/aromatic N) is 2. The first-order valence-corrected chi connectivity index (χ1v) is 6.91. The molecule has 0 aliphatic carbocycles. The monoisotopic (exact) mass is 251 g/mol. The van der Waals surface area contributed by atoms with E-state index in [1.165, 1.54) is 0 Å². The summed E-state index contributed by atoms with van der Waals surface area (Å²) in [5, 5.41) is 7.67. The summed E-state index contributed by atoms with van der Waals surface area (Å²) >= 11 is 0. The van der Waals surface area contributed by atoms with Crippen LogP contribution in [0.25, 0.3) is 0 Å². The second kappa shape index (κ2) is 7.31. The second-order valence-corrected chi connectivity index (χ2v) is 4.91. The highest BCUT2D eigenvalue weighted by Crippen LogP contribution is 2.10. The van der Waals surface area contributed by atoms with Crippen LogP contribution in [0.15, 0.2) is 10.9 Å². The molecule has 0 aliphatic heterocycles. The molecule has 0 saturated heterocycles. The molecular weight excluding hydrogens is 226 g/mol. The van der Waals surface area contributed by atoms with Crippen molar-refractivity contribution in [2.75, 3.05) is 6.54 Å². The Hall–Kier alpha value is -1.16. The molecule has 0 unspecified atom stereocenters. The Morgan fingerprint density at radius 2 is 2.11 bits per heavy atom. The van der Waals surface area contributed by atoms with Crippen molar-refractivity contribution in [1.29, 1.82) is 0 Å². The highest BCUT2D eigenvalue weighted by molar-refractivity contribution is 5.16. The summed E-state index contributed by atoms with van der Waals surface area (Å²) in [6.07, 6.45) is 2.07. The minimum Gasteiger partial charge on any atom is -0.313 e. The summed E-state index contributed by atoms with van der Waals surface area (Å²) in [7, 11) is 0. The normalized spacial score (nSPS) is 11.2. The topological polar surface area (TPSA) is 46.9 Å². The number of unbranched alkanes of at least 4 members (excludes halogenated alkanes) is 1. The molecule has 102 valence electrons. The zero-order chi connectivity index (χ0) is 13.5. The molecule has 0 radical (unpaired) electrons. The maximum absolute atomic E-state index is 12.2. The fourth-order valence-electron chi connectivity index (χ4n) is 1.75. The van der Waals surface area contributed by atoms with Crippen molar-refractivity contribution in [2.45, 2.75) is 59.5 Å². The quantitative estimate of drug-likeness (QED) is 0.808. The Bertz CT molecular complexity index is 391. The van der Waals surface area contributed by atoms with E-state index in [0.29, 0.717) is 12.5 Å².